The Balaban J connectivity index is 1.84. The van der Waals surface area contributed by atoms with E-state index in [0.29, 0.717) is 10.5 Å². The average molecular weight is 332 g/mol. The summed E-state index contributed by atoms with van der Waals surface area (Å²) >= 11 is 0.749. The highest BCUT2D eigenvalue weighted by atomic mass is 32.2. The Morgan fingerprint density at radius 2 is 1.78 bits per heavy atom. The molecule has 0 spiro atoms. The number of benzene rings is 2. The molecule has 4 heteroatoms. The molecule has 0 fully saturated rings. The molecule has 0 heterocycles. The number of halogens is 1. The lowest BCUT2D eigenvalue weighted by atomic mass is 10.0. The maximum Gasteiger partial charge on any atom is 0.350 e. The second-order valence-corrected chi connectivity index (χ2v) is 6.17. The molecule has 122 valence electrons. The summed E-state index contributed by atoms with van der Waals surface area (Å²) in [5.41, 5.74) is 1.70. The quantitative estimate of drug-likeness (QED) is 0.450. The van der Waals surface area contributed by atoms with E-state index in [1.165, 1.54) is 37.3 Å². The van der Waals surface area contributed by atoms with Gasteiger partial charge in [0.1, 0.15) is 5.82 Å². The smallest absolute Gasteiger partial charge is 0.350 e. The molecule has 0 amide bonds. The maximum atomic E-state index is 13.5. The molecule has 0 bridgehead atoms. The Morgan fingerprint density at radius 3 is 2.48 bits per heavy atom. The van der Waals surface area contributed by atoms with Gasteiger partial charge in [0, 0.05) is 0 Å². The van der Waals surface area contributed by atoms with Crippen LogP contribution in [0, 0.1) is 5.82 Å². The third kappa shape index (κ3) is 5.71. The molecule has 0 aliphatic heterocycles. The van der Waals surface area contributed by atoms with Crippen molar-refractivity contribution in [3.8, 4) is 0 Å². The van der Waals surface area contributed by atoms with E-state index in [1.807, 2.05) is 12.1 Å². The van der Waals surface area contributed by atoms with Gasteiger partial charge in [0.25, 0.3) is 0 Å². The number of carbonyl (C=O) groups is 1. The van der Waals surface area contributed by atoms with Crippen LogP contribution in [0.4, 0.5) is 4.39 Å². The van der Waals surface area contributed by atoms with Gasteiger partial charge in [-0.15, -0.1) is 0 Å². The maximum absolute atomic E-state index is 13.5. The summed E-state index contributed by atoms with van der Waals surface area (Å²) in [5, 5.41) is 0. The normalized spacial score (nSPS) is 10.5. The fraction of sp³-hybridized carbons (Fsp3) is 0.316. The fourth-order valence-electron chi connectivity index (χ4n) is 2.21. The van der Waals surface area contributed by atoms with Gasteiger partial charge in [-0.05, 0) is 42.7 Å². The van der Waals surface area contributed by atoms with Gasteiger partial charge in [-0.25, -0.2) is 9.18 Å². The largest absolute Gasteiger partial charge is 0.382 e. The molecule has 23 heavy (non-hydrogen) atoms. The summed E-state index contributed by atoms with van der Waals surface area (Å²) in [6.45, 7) is 2.19. The van der Waals surface area contributed by atoms with E-state index in [-0.39, 0.29) is 0 Å². The molecule has 2 nitrogen and oxygen atoms in total. The van der Waals surface area contributed by atoms with Gasteiger partial charge in [-0.3, -0.25) is 0 Å². The fourth-order valence-corrected chi connectivity index (χ4v) is 2.75. The van der Waals surface area contributed by atoms with Crippen LogP contribution in [-0.2, 0) is 10.6 Å². The van der Waals surface area contributed by atoms with E-state index in [2.05, 4.69) is 6.92 Å². The first kappa shape index (κ1) is 17.5. The minimum atomic E-state index is -0.462. The number of hydrogen-bond donors (Lipinski definition) is 0. The van der Waals surface area contributed by atoms with Crippen LogP contribution in [0.1, 0.15) is 48.5 Å². The lowest BCUT2D eigenvalue weighted by Gasteiger charge is -2.05. The Bertz CT molecular complexity index is 626. The van der Waals surface area contributed by atoms with Gasteiger partial charge < -0.3 is 4.18 Å². The highest BCUT2D eigenvalue weighted by Crippen LogP contribution is 2.23. The Hall–Kier alpha value is -1.81. The van der Waals surface area contributed by atoms with Gasteiger partial charge in [0.15, 0.2) is 0 Å². The van der Waals surface area contributed by atoms with E-state index < -0.39 is 11.8 Å². The van der Waals surface area contributed by atoms with Crippen LogP contribution in [-0.4, -0.2) is 5.97 Å². The molecule has 0 N–H and O–H groups in total. The first-order chi connectivity index (χ1) is 11.2. The number of rotatable bonds is 8. The van der Waals surface area contributed by atoms with Gasteiger partial charge in [0.05, 0.1) is 22.5 Å². The van der Waals surface area contributed by atoms with Crippen LogP contribution in [0.15, 0.2) is 53.4 Å². The second-order valence-electron chi connectivity index (χ2n) is 5.39. The Labute approximate surface area is 141 Å². The van der Waals surface area contributed by atoms with Crippen molar-refractivity contribution in [2.75, 3.05) is 0 Å². The summed E-state index contributed by atoms with van der Waals surface area (Å²) in [6, 6.07) is 13.6. The van der Waals surface area contributed by atoms with Gasteiger partial charge in [-0.1, -0.05) is 50.5 Å². The number of aryl methyl sites for hydroxylation is 1. The standard InChI is InChI=1S/C19H21FO2S/c1-2-3-4-5-8-15-11-13-16(14-12-15)19(21)22-23-18-10-7-6-9-17(18)20/h6-7,9-14H,2-5,8H2,1H3. The Kier molecular flexibility index (Phi) is 7.14. The van der Waals surface area contributed by atoms with Gasteiger partial charge >= 0.3 is 5.97 Å². The summed E-state index contributed by atoms with van der Waals surface area (Å²) in [4.78, 5) is 12.3. The molecule has 2 rings (SSSR count). The summed E-state index contributed by atoms with van der Waals surface area (Å²) < 4.78 is 18.5. The van der Waals surface area contributed by atoms with Crippen LogP contribution in [0.3, 0.4) is 0 Å². The molecule has 0 aliphatic carbocycles. The molecule has 2 aromatic rings. The lowest BCUT2D eigenvalue weighted by Crippen LogP contribution is -2.00. The van der Waals surface area contributed by atoms with Crippen molar-refractivity contribution in [3.63, 3.8) is 0 Å². The topological polar surface area (TPSA) is 26.3 Å². The predicted octanol–water partition coefficient (Wildman–Crippen LogP) is 5.81. The highest BCUT2D eigenvalue weighted by molar-refractivity contribution is 7.95. The van der Waals surface area contributed by atoms with Crippen molar-refractivity contribution in [2.24, 2.45) is 0 Å². The summed E-state index contributed by atoms with van der Waals surface area (Å²) in [5.74, 6) is -0.858. The number of carbonyl (C=O) groups excluding carboxylic acids is 1. The van der Waals surface area contributed by atoms with Crippen molar-refractivity contribution < 1.29 is 13.4 Å². The molecule has 0 radical (unpaired) electrons. The van der Waals surface area contributed by atoms with Crippen LogP contribution >= 0.6 is 12.0 Å². The van der Waals surface area contributed by atoms with Gasteiger partial charge in [-0.2, -0.15) is 0 Å². The molecular formula is C19H21FO2S. The molecule has 0 atom stereocenters. The van der Waals surface area contributed by atoms with Crippen LogP contribution in [0.25, 0.3) is 0 Å². The van der Waals surface area contributed by atoms with E-state index in [0.717, 1.165) is 18.5 Å². The zero-order chi connectivity index (χ0) is 16.5. The number of hydrogen-bond acceptors (Lipinski definition) is 3. The predicted molar refractivity (Wildman–Crippen MR) is 92.0 cm³/mol. The second kappa shape index (κ2) is 9.36. The zero-order valence-electron chi connectivity index (χ0n) is 13.3. The van der Waals surface area contributed by atoms with Gasteiger partial charge in [0.2, 0.25) is 0 Å². The minimum Gasteiger partial charge on any atom is -0.382 e. The van der Waals surface area contributed by atoms with E-state index in [9.17, 15) is 9.18 Å². The molecular weight excluding hydrogens is 311 g/mol. The van der Waals surface area contributed by atoms with Crippen molar-refractivity contribution in [2.45, 2.75) is 43.9 Å². The summed E-state index contributed by atoms with van der Waals surface area (Å²) in [6.07, 6.45) is 5.92. The molecule has 2 aromatic carbocycles. The first-order valence-corrected chi connectivity index (χ1v) is 8.67. The first-order valence-electron chi connectivity index (χ1n) is 7.93. The van der Waals surface area contributed by atoms with Crippen LogP contribution in [0.5, 0.6) is 0 Å². The highest BCUT2D eigenvalue weighted by Gasteiger charge is 2.10. The average Bonchev–Trinajstić information content (AvgIpc) is 2.58. The SMILES string of the molecule is CCCCCCc1ccc(C(=O)OSc2ccccc2F)cc1. The number of unbranched alkanes of at least 4 members (excludes halogenated alkanes) is 3. The van der Waals surface area contributed by atoms with E-state index >= 15 is 0 Å². The molecule has 0 saturated heterocycles. The molecule has 0 aromatic heterocycles. The van der Waals surface area contributed by atoms with Crippen LogP contribution in [0.2, 0.25) is 0 Å². The third-order valence-corrected chi connectivity index (χ3v) is 4.30. The van der Waals surface area contributed by atoms with Crippen molar-refractivity contribution in [1.29, 1.82) is 0 Å². The lowest BCUT2D eigenvalue weighted by molar-refractivity contribution is 0.0768. The van der Waals surface area contributed by atoms with Crippen molar-refractivity contribution in [3.05, 3.63) is 65.5 Å². The molecule has 0 aliphatic rings. The minimum absolute atomic E-state index is 0.299. The van der Waals surface area contributed by atoms with Crippen molar-refractivity contribution >= 4 is 18.0 Å². The molecule has 0 unspecified atom stereocenters. The van der Waals surface area contributed by atoms with Crippen LogP contribution < -0.4 is 0 Å². The zero-order valence-corrected chi connectivity index (χ0v) is 14.1. The third-order valence-electron chi connectivity index (χ3n) is 3.55. The van der Waals surface area contributed by atoms with E-state index in [1.54, 1.807) is 30.3 Å². The monoisotopic (exact) mass is 332 g/mol. The van der Waals surface area contributed by atoms with E-state index in [4.69, 9.17) is 4.18 Å². The summed E-state index contributed by atoms with van der Waals surface area (Å²) in [7, 11) is 0. The Morgan fingerprint density at radius 1 is 1.04 bits per heavy atom. The van der Waals surface area contributed by atoms with Crippen molar-refractivity contribution in [1.82, 2.24) is 0 Å². The molecule has 0 saturated carbocycles.